The van der Waals surface area contributed by atoms with Gasteiger partial charge in [0.1, 0.15) is 11.4 Å². The van der Waals surface area contributed by atoms with Crippen LogP contribution in [0.3, 0.4) is 0 Å². The molecule has 1 aliphatic rings. The van der Waals surface area contributed by atoms with Crippen LogP contribution in [0, 0.1) is 0 Å². The summed E-state index contributed by atoms with van der Waals surface area (Å²) in [6.45, 7) is 2.82. The smallest absolute Gasteiger partial charge is 0.222 e. The molecule has 1 aromatic heterocycles. The lowest BCUT2D eigenvalue weighted by atomic mass is 10.2. The summed E-state index contributed by atoms with van der Waals surface area (Å²) in [7, 11) is 0. The molecular formula is C15H16N2O2S. The Hall–Kier alpha value is -1.75. The molecule has 3 rings (SSSR count). The van der Waals surface area contributed by atoms with E-state index in [4.69, 9.17) is 4.74 Å². The van der Waals surface area contributed by atoms with Gasteiger partial charge in [-0.05, 0) is 24.6 Å². The number of nitrogens with zero attached hydrogens (tertiary/aromatic N) is 2. The summed E-state index contributed by atoms with van der Waals surface area (Å²) in [5.74, 6) is 1.45. The van der Waals surface area contributed by atoms with Gasteiger partial charge in [-0.2, -0.15) is 5.10 Å². The topological polar surface area (TPSA) is 44.1 Å². The van der Waals surface area contributed by atoms with Gasteiger partial charge in [0.25, 0.3) is 0 Å². The van der Waals surface area contributed by atoms with Gasteiger partial charge in [-0.1, -0.05) is 19.1 Å². The normalized spacial score (nSPS) is 17.4. The van der Waals surface area contributed by atoms with Gasteiger partial charge >= 0.3 is 0 Å². The number of aromatic nitrogens is 2. The third-order valence-electron chi connectivity index (χ3n) is 3.21. The van der Waals surface area contributed by atoms with Gasteiger partial charge in [-0.25, -0.2) is 0 Å². The maximum Gasteiger partial charge on any atom is 0.222 e. The summed E-state index contributed by atoms with van der Waals surface area (Å²) in [4.78, 5) is 13.7. The van der Waals surface area contributed by atoms with E-state index >= 15 is 0 Å². The molecule has 0 amide bonds. The lowest BCUT2D eigenvalue weighted by Gasteiger charge is -2.24. The van der Waals surface area contributed by atoms with E-state index in [9.17, 15) is 4.79 Å². The minimum absolute atomic E-state index is 0.0120. The molecule has 0 N–H and O–H groups in total. The van der Waals surface area contributed by atoms with Crippen molar-refractivity contribution in [2.75, 3.05) is 5.75 Å². The summed E-state index contributed by atoms with van der Waals surface area (Å²) in [6.07, 6.45) is 2.19. The van der Waals surface area contributed by atoms with Gasteiger partial charge in [0, 0.05) is 23.4 Å². The van der Waals surface area contributed by atoms with E-state index in [1.807, 2.05) is 24.3 Å². The number of hydrogen-bond acceptors (Lipinski definition) is 4. The van der Waals surface area contributed by atoms with Crippen LogP contribution in [0.5, 0.6) is 5.75 Å². The molecule has 1 aromatic carbocycles. The standard InChI is InChI=1S/C15H16N2O2S/c1-2-9-17-11(7-8-16-17)15(18)13-10-20-14-6-4-3-5-12(14)19-13/h3-8,13H,2,9-10H2,1H3. The Kier molecular flexibility index (Phi) is 3.78. The highest BCUT2D eigenvalue weighted by molar-refractivity contribution is 7.99. The van der Waals surface area contributed by atoms with Crippen LogP contribution in [-0.4, -0.2) is 27.4 Å². The third-order valence-corrected chi connectivity index (χ3v) is 4.32. The van der Waals surface area contributed by atoms with E-state index in [2.05, 4.69) is 12.0 Å². The number of carbonyl (C=O) groups excluding carboxylic acids is 1. The summed E-state index contributed by atoms with van der Waals surface area (Å²) in [5, 5.41) is 4.20. The Balaban J connectivity index is 1.80. The Morgan fingerprint density at radius 1 is 1.45 bits per heavy atom. The predicted octanol–water partition coefficient (Wildman–Crippen LogP) is 3.03. The Bertz CT molecular complexity index is 624. The molecule has 0 fully saturated rings. The van der Waals surface area contributed by atoms with E-state index in [0.29, 0.717) is 11.4 Å². The van der Waals surface area contributed by atoms with Crippen LogP contribution in [0.4, 0.5) is 0 Å². The number of aryl methyl sites for hydroxylation is 1. The van der Waals surface area contributed by atoms with Crippen LogP contribution >= 0.6 is 11.8 Å². The number of ketones is 1. The van der Waals surface area contributed by atoms with Gasteiger partial charge in [0.15, 0.2) is 6.10 Å². The Labute approximate surface area is 122 Å². The van der Waals surface area contributed by atoms with Gasteiger partial charge in [0.2, 0.25) is 5.78 Å². The van der Waals surface area contributed by atoms with Crippen molar-refractivity contribution in [2.24, 2.45) is 0 Å². The molecule has 0 bridgehead atoms. The fraction of sp³-hybridized carbons (Fsp3) is 0.333. The number of benzene rings is 1. The Morgan fingerprint density at radius 2 is 2.30 bits per heavy atom. The molecule has 1 atom stereocenters. The first-order chi connectivity index (χ1) is 9.79. The number of carbonyl (C=O) groups is 1. The lowest BCUT2D eigenvalue weighted by molar-refractivity contribution is 0.0803. The largest absolute Gasteiger partial charge is 0.480 e. The van der Waals surface area contributed by atoms with Gasteiger partial charge in [-0.15, -0.1) is 11.8 Å². The van der Waals surface area contributed by atoms with Gasteiger partial charge in [-0.3, -0.25) is 9.48 Å². The number of para-hydroxylation sites is 1. The van der Waals surface area contributed by atoms with E-state index < -0.39 is 6.10 Å². The summed E-state index contributed by atoms with van der Waals surface area (Å²) in [6, 6.07) is 9.60. The third kappa shape index (κ3) is 2.45. The summed E-state index contributed by atoms with van der Waals surface area (Å²) in [5.41, 5.74) is 0.636. The SMILES string of the molecule is CCCn1nccc1C(=O)C1CSc2ccccc2O1. The highest BCUT2D eigenvalue weighted by atomic mass is 32.2. The molecule has 4 nitrogen and oxygen atoms in total. The molecule has 104 valence electrons. The first-order valence-electron chi connectivity index (χ1n) is 6.74. The second kappa shape index (κ2) is 5.71. The highest BCUT2D eigenvalue weighted by Crippen LogP contribution is 2.35. The van der Waals surface area contributed by atoms with Crippen LogP contribution in [0.2, 0.25) is 0 Å². The number of fused-ring (bicyclic) bond motifs is 1. The average molecular weight is 288 g/mol. The van der Waals surface area contributed by atoms with Crippen molar-refractivity contribution in [1.29, 1.82) is 0 Å². The first-order valence-corrected chi connectivity index (χ1v) is 7.72. The summed E-state index contributed by atoms with van der Waals surface area (Å²) >= 11 is 1.67. The zero-order valence-electron chi connectivity index (χ0n) is 11.3. The van der Waals surface area contributed by atoms with Crippen molar-refractivity contribution in [3.8, 4) is 5.75 Å². The lowest BCUT2D eigenvalue weighted by Crippen LogP contribution is -2.33. The molecule has 0 radical (unpaired) electrons. The van der Waals surface area contributed by atoms with Crippen molar-refractivity contribution < 1.29 is 9.53 Å². The fourth-order valence-electron chi connectivity index (χ4n) is 2.25. The number of thioether (sulfide) groups is 1. The predicted molar refractivity (Wildman–Crippen MR) is 78.4 cm³/mol. The van der Waals surface area contributed by atoms with Crippen molar-refractivity contribution in [1.82, 2.24) is 9.78 Å². The minimum Gasteiger partial charge on any atom is -0.480 e. The maximum absolute atomic E-state index is 12.6. The molecule has 2 aromatic rings. The fourth-order valence-corrected chi connectivity index (χ4v) is 3.23. The summed E-state index contributed by atoms with van der Waals surface area (Å²) < 4.78 is 7.60. The number of Topliss-reactive ketones (excluding diaryl/α,β-unsaturated/α-hetero) is 1. The van der Waals surface area contributed by atoms with Crippen LogP contribution in [0.15, 0.2) is 41.4 Å². The van der Waals surface area contributed by atoms with Crippen molar-refractivity contribution >= 4 is 17.5 Å². The molecule has 0 aliphatic carbocycles. The molecule has 0 saturated carbocycles. The quantitative estimate of drug-likeness (QED) is 0.811. The van der Waals surface area contributed by atoms with Crippen LogP contribution in [-0.2, 0) is 6.54 Å². The average Bonchev–Trinajstić information content (AvgIpc) is 2.94. The van der Waals surface area contributed by atoms with Crippen LogP contribution in [0.25, 0.3) is 0 Å². The zero-order valence-corrected chi connectivity index (χ0v) is 12.1. The minimum atomic E-state index is -0.429. The second-order valence-electron chi connectivity index (χ2n) is 4.67. The van der Waals surface area contributed by atoms with Gasteiger partial charge in [0.05, 0.1) is 0 Å². The Morgan fingerprint density at radius 3 is 3.15 bits per heavy atom. The molecule has 2 heterocycles. The molecule has 5 heteroatoms. The van der Waals surface area contributed by atoms with Crippen LogP contribution < -0.4 is 4.74 Å². The molecular weight excluding hydrogens is 272 g/mol. The first kappa shape index (κ1) is 13.2. The van der Waals surface area contributed by atoms with Crippen LogP contribution in [0.1, 0.15) is 23.8 Å². The number of ether oxygens (including phenoxy) is 1. The highest BCUT2D eigenvalue weighted by Gasteiger charge is 2.29. The second-order valence-corrected chi connectivity index (χ2v) is 5.73. The van der Waals surface area contributed by atoms with Crippen molar-refractivity contribution in [2.45, 2.75) is 30.9 Å². The molecule has 0 saturated heterocycles. The zero-order chi connectivity index (χ0) is 13.9. The number of rotatable bonds is 4. The van der Waals surface area contributed by atoms with Gasteiger partial charge < -0.3 is 4.74 Å². The maximum atomic E-state index is 12.6. The molecule has 20 heavy (non-hydrogen) atoms. The van der Waals surface area contributed by atoms with E-state index in [1.54, 1.807) is 28.7 Å². The van der Waals surface area contributed by atoms with E-state index in [0.717, 1.165) is 23.6 Å². The monoisotopic (exact) mass is 288 g/mol. The number of hydrogen-bond donors (Lipinski definition) is 0. The molecule has 1 unspecified atom stereocenters. The van der Waals surface area contributed by atoms with Crippen molar-refractivity contribution in [3.05, 3.63) is 42.2 Å². The van der Waals surface area contributed by atoms with Crippen molar-refractivity contribution in [3.63, 3.8) is 0 Å². The molecule has 0 spiro atoms. The van der Waals surface area contributed by atoms with E-state index in [-0.39, 0.29) is 5.78 Å². The molecule has 1 aliphatic heterocycles. The van der Waals surface area contributed by atoms with E-state index in [1.165, 1.54) is 0 Å².